The first-order chi connectivity index (χ1) is 15.5. The normalized spacial score (nSPS) is 15.6. The summed E-state index contributed by atoms with van der Waals surface area (Å²) in [4.78, 5) is 39.9. The lowest BCUT2D eigenvalue weighted by Crippen LogP contribution is -2.48. The number of carbonyl (C=O) groups is 2. The Kier molecular flexibility index (Phi) is 9.68. The molecular weight excluding hydrogens is 422 g/mol. The Labute approximate surface area is 197 Å². The summed E-state index contributed by atoms with van der Waals surface area (Å²) in [5, 5.41) is 12.0. The zero-order valence-corrected chi connectivity index (χ0v) is 20.9. The zero-order chi connectivity index (χ0) is 24.7. The largest absolute Gasteiger partial charge is 0.469 e. The molecular formula is C25H39N3O5. The topological polar surface area (TPSA) is 93.0 Å². The molecule has 0 N–H and O–H groups in total. The van der Waals surface area contributed by atoms with Crippen LogP contribution in [-0.4, -0.2) is 54.5 Å². The number of nitrogens with zero attached hydrogens (tertiary/aromatic N) is 3. The van der Waals surface area contributed by atoms with Gasteiger partial charge in [0.1, 0.15) is 5.69 Å². The fourth-order valence-corrected chi connectivity index (χ4v) is 4.43. The lowest BCUT2D eigenvalue weighted by Gasteiger charge is -2.40. The van der Waals surface area contributed by atoms with E-state index < -0.39 is 0 Å². The fourth-order valence-electron chi connectivity index (χ4n) is 4.43. The molecule has 1 atom stereocenters. The van der Waals surface area contributed by atoms with Gasteiger partial charge in [-0.1, -0.05) is 40.7 Å². The van der Waals surface area contributed by atoms with Crippen molar-refractivity contribution in [3.8, 4) is 0 Å². The maximum atomic E-state index is 12.5. The van der Waals surface area contributed by atoms with Gasteiger partial charge in [0.2, 0.25) is 5.91 Å². The van der Waals surface area contributed by atoms with Crippen molar-refractivity contribution >= 4 is 23.3 Å². The van der Waals surface area contributed by atoms with Gasteiger partial charge in [-0.05, 0) is 42.2 Å². The maximum Gasteiger partial charge on any atom is 0.306 e. The van der Waals surface area contributed by atoms with E-state index in [1.54, 1.807) is 6.07 Å². The highest BCUT2D eigenvalue weighted by molar-refractivity contribution is 5.76. The number of nitro benzene ring substituents is 1. The van der Waals surface area contributed by atoms with E-state index >= 15 is 0 Å². The highest BCUT2D eigenvalue weighted by atomic mass is 16.6. The molecule has 1 amide bonds. The Hall–Kier alpha value is -2.64. The van der Waals surface area contributed by atoms with E-state index in [0.29, 0.717) is 43.6 Å². The first kappa shape index (κ1) is 26.6. The van der Waals surface area contributed by atoms with E-state index in [-0.39, 0.29) is 40.9 Å². The molecule has 0 radical (unpaired) electrons. The lowest BCUT2D eigenvalue weighted by atomic mass is 9.95. The van der Waals surface area contributed by atoms with E-state index in [1.165, 1.54) is 7.11 Å². The lowest BCUT2D eigenvalue weighted by molar-refractivity contribution is -0.384. The minimum Gasteiger partial charge on any atom is -0.469 e. The van der Waals surface area contributed by atoms with E-state index in [9.17, 15) is 19.7 Å². The number of benzene rings is 1. The molecule has 1 aromatic rings. The van der Waals surface area contributed by atoms with Gasteiger partial charge in [0.25, 0.3) is 5.69 Å². The molecule has 184 valence electrons. The summed E-state index contributed by atoms with van der Waals surface area (Å²) in [7, 11) is 1.34. The van der Waals surface area contributed by atoms with Gasteiger partial charge in [-0.25, -0.2) is 0 Å². The number of ether oxygens (including phenoxy) is 1. The second-order valence-electron chi connectivity index (χ2n) is 9.94. The van der Waals surface area contributed by atoms with Gasteiger partial charge >= 0.3 is 5.97 Å². The van der Waals surface area contributed by atoms with Crippen molar-refractivity contribution in [1.82, 2.24) is 4.90 Å². The molecule has 1 aliphatic heterocycles. The number of rotatable bonds is 10. The maximum absolute atomic E-state index is 12.5. The minimum atomic E-state index is -0.338. The first-order valence-corrected chi connectivity index (χ1v) is 11.9. The number of anilines is 1. The van der Waals surface area contributed by atoms with Gasteiger partial charge in [0.15, 0.2) is 0 Å². The average molecular weight is 462 g/mol. The van der Waals surface area contributed by atoms with Gasteiger partial charge in [-0.15, -0.1) is 0 Å². The van der Waals surface area contributed by atoms with Crippen LogP contribution in [0, 0.1) is 22.0 Å². The summed E-state index contributed by atoms with van der Waals surface area (Å²) in [6.07, 6.45) is 2.30. The molecule has 0 bridgehead atoms. The molecule has 1 fully saturated rings. The molecule has 1 aliphatic rings. The SMILES string of the molecule is COC(=O)C[C@@H](C)c1ccc(N(CC(C)C)C2CCN(C(=O)CC(C)C)CC2)c([N+](=O)[O-])c1. The molecule has 8 nitrogen and oxygen atoms in total. The average Bonchev–Trinajstić information content (AvgIpc) is 2.76. The van der Waals surface area contributed by atoms with E-state index in [4.69, 9.17) is 4.74 Å². The second-order valence-corrected chi connectivity index (χ2v) is 9.94. The molecule has 2 rings (SSSR count). The summed E-state index contributed by atoms with van der Waals surface area (Å²) in [5.74, 6) is 0.320. The number of hydrogen-bond acceptors (Lipinski definition) is 6. The van der Waals surface area contributed by atoms with Gasteiger partial charge in [-0.3, -0.25) is 19.7 Å². The van der Waals surface area contributed by atoms with Crippen molar-refractivity contribution in [2.75, 3.05) is 31.6 Å². The molecule has 0 unspecified atom stereocenters. The van der Waals surface area contributed by atoms with Gasteiger partial charge < -0.3 is 14.5 Å². The van der Waals surface area contributed by atoms with Crippen LogP contribution in [0.3, 0.4) is 0 Å². The Bertz CT molecular complexity index is 831. The second kappa shape index (κ2) is 12.0. The Morgan fingerprint density at radius 3 is 2.27 bits per heavy atom. The van der Waals surface area contributed by atoms with Crippen LogP contribution >= 0.6 is 0 Å². The number of esters is 1. The molecule has 1 saturated heterocycles. The Morgan fingerprint density at radius 2 is 1.76 bits per heavy atom. The first-order valence-electron chi connectivity index (χ1n) is 11.9. The summed E-state index contributed by atoms with van der Waals surface area (Å²) < 4.78 is 4.74. The number of piperidine rings is 1. The molecule has 1 heterocycles. The quantitative estimate of drug-likeness (QED) is 0.283. The van der Waals surface area contributed by atoms with Crippen molar-refractivity contribution < 1.29 is 19.2 Å². The zero-order valence-electron chi connectivity index (χ0n) is 20.9. The number of carbonyl (C=O) groups excluding carboxylic acids is 2. The van der Waals surface area contributed by atoms with Gasteiger partial charge in [-0.2, -0.15) is 0 Å². The molecule has 0 aromatic heterocycles. The number of methoxy groups -OCH3 is 1. The van der Waals surface area contributed by atoms with Crippen LogP contribution in [-0.2, 0) is 14.3 Å². The Balaban J connectivity index is 2.27. The smallest absolute Gasteiger partial charge is 0.306 e. The predicted octanol–water partition coefficient (Wildman–Crippen LogP) is 4.76. The number of amides is 1. The van der Waals surface area contributed by atoms with Crippen molar-refractivity contribution in [1.29, 1.82) is 0 Å². The van der Waals surface area contributed by atoms with Gasteiger partial charge in [0, 0.05) is 38.2 Å². The van der Waals surface area contributed by atoms with Crippen LogP contribution in [0.4, 0.5) is 11.4 Å². The number of likely N-dealkylation sites (tertiary alicyclic amines) is 1. The van der Waals surface area contributed by atoms with Crippen LogP contribution in [0.2, 0.25) is 0 Å². The summed E-state index contributed by atoms with van der Waals surface area (Å²) in [6.45, 7) is 12.2. The van der Waals surface area contributed by atoms with Crippen LogP contribution < -0.4 is 4.90 Å². The Morgan fingerprint density at radius 1 is 1.12 bits per heavy atom. The molecule has 0 aliphatic carbocycles. The molecule has 8 heteroatoms. The van der Waals surface area contributed by atoms with Crippen molar-refractivity contribution in [2.24, 2.45) is 11.8 Å². The van der Waals surface area contributed by atoms with E-state index in [0.717, 1.165) is 18.4 Å². The third-order valence-electron chi connectivity index (χ3n) is 6.18. The van der Waals surface area contributed by atoms with Gasteiger partial charge in [0.05, 0.1) is 18.5 Å². The molecule has 33 heavy (non-hydrogen) atoms. The van der Waals surface area contributed by atoms with Crippen molar-refractivity contribution in [3.63, 3.8) is 0 Å². The molecule has 1 aromatic carbocycles. The highest BCUT2D eigenvalue weighted by Crippen LogP contribution is 2.36. The van der Waals surface area contributed by atoms with Crippen molar-refractivity contribution in [2.45, 2.75) is 72.3 Å². The third-order valence-corrected chi connectivity index (χ3v) is 6.18. The van der Waals surface area contributed by atoms with E-state index in [2.05, 4.69) is 18.7 Å². The summed E-state index contributed by atoms with van der Waals surface area (Å²) in [6, 6.07) is 5.43. The monoisotopic (exact) mass is 461 g/mol. The van der Waals surface area contributed by atoms with Crippen LogP contribution in [0.5, 0.6) is 0 Å². The predicted molar refractivity (Wildman–Crippen MR) is 129 cm³/mol. The number of hydrogen-bond donors (Lipinski definition) is 0. The van der Waals surface area contributed by atoms with E-state index in [1.807, 2.05) is 37.8 Å². The minimum absolute atomic E-state index is 0.0585. The van der Waals surface area contributed by atoms with Crippen LogP contribution in [0.1, 0.15) is 71.8 Å². The van der Waals surface area contributed by atoms with Crippen LogP contribution in [0.15, 0.2) is 18.2 Å². The molecule has 0 saturated carbocycles. The standard InChI is InChI=1S/C25H39N3O5/c1-17(2)13-24(29)26-11-9-21(10-12-26)27(16-18(3)4)22-8-7-20(15-23(22)28(31)32)19(5)14-25(30)33-6/h7-8,15,17-19,21H,9-14,16H2,1-6H3/t19-/m1/s1. The summed E-state index contributed by atoms with van der Waals surface area (Å²) in [5.41, 5.74) is 1.41. The van der Waals surface area contributed by atoms with Crippen LogP contribution in [0.25, 0.3) is 0 Å². The molecule has 0 spiro atoms. The van der Waals surface area contributed by atoms with Crippen molar-refractivity contribution in [3.05, 3.63) is 33.9 Å². The fraction of sp³-hybridized carbons (Fsp3) is 0.680. The number of nitro groups is 1. The summed E-state index contributed by atoms with van der Waals surface area (Å²) >= 11 is 0. The highest BCUT2D eigenvalue weighted by Gasteiger charge is 2.31. The third kappa shape index (κ3) is 7.44.